The topological polar surface area (TPSA) is 75.1 Å². The minimum absolute atomic E-state index is 0.139. The molecule has 1 saturated heterocycles. The minimum Gasteiger partial charge on any atom is -0.352 e. The minimum atomic E-state index is -0.468. The molecule has 0 radical (unpaired) electrons. The fraction of sp³-hybridized carbons (Fsp3) is 0.241. The SMILES string of the molecule is Cc1cccnc1-n1c(C)cc([C@@H]2[C@@H](c3ccccn3)NC(=S)N2CCC(=O)Nc2ccccc2F)c1C. The second-order valence-corrected chi connectivity index (χ2v) is 9.79. The number of halogens is 1. The fourth-order valence-corrected chi connectivity index (χ4v) is 5.44. The zero-order valence-corrected chi connectivity index (χ0v) is 22.3. The Hall–Kier alpha value is -4.11. The van der Waals surface area contributed by atoms with Crippen LogP contribution in [-0.2, 0) is 4.79 Å². The van der Waals surface area contributed by atoms with Crippen LogP contribution in [0, 0.1) is 26.6 Å². The molecular weight excluding hydrogens is 499 g/mol. The van der Waals surface area contributed by atoms with Gasteiger partial charge in [-0.25, -0.2) is 9.37 Å². The first-order chi connectivity index (χ1) is 18.3. The van der Waals surface area contributed by atoms with E-state index in [1.54, 1.807) is 30.6 Å². The second kappa shape index (κ2) is 10.7. The number of amides is 1. The van der Waals surface area contributed by atoms with Crippen molar-refractivity contribution in [3.05, 3.63) is 107 Å². The van der Waals surface area contributed by atoms with Crippen LogP contribution in [0.25, 0.3) is 5.82 Å². The Morgan fingerprint density at radius 1 is 1.05 bits per heavy atom. The average molecular weight is 529 g/mol. The molecular formula is C29H29FN6OS. The Balaban J connectivity index is 1.48. The number of thiocarbonyl (C=S) groups is 1. The molecule has 1 aliphatic heterocycles. The molecule has 0 saturated carbocycles. The lowest BCUT2D eigenvalue weighted by molar-refractivity contribution is -0.116. The van der Waals surface area contributed by atoms with Crippen LogP contribution in [0.2, 0.25) is 0 Å². The number of nitrogens with one attached hydrogen (secondary N) is 2. The van der Waals surface area contributed by atoms with Crippen LogP contribution in [-0.4, -0.2) is 37.0 Å². The number of rotatable bonds is 7. The predicted molar refractivity (Wildman–Crippen MR) is 150 cm³/mol. The van der Waals surface area contributed by atoms with Gasteiger partial charge in [-0.1, -0.05) is 24.3 Å². The fourth-order valence-electron chi connectivity index (χ4n) is 5.11. The summed E-state index contributed by atoms with van der Waals surface area (Å²) in [7, 11) is 0. The van der Waals surface area contributed by atoms with Crippen molar-refractivity contribution in [1.82, 2.24) is 24.8 Å². The number of carbonyl (C=O) groups excluding carboxylic acids is 1. The maximum absolute atomic E-state index is 14.1. The molecule has 38 heavy (non-hydrogen) atoms. The number of nitrogens with zero attached hydrogens (tertiary/aromatic N) is 4. The molecule has 0 spiro atoms. The standard InChI is InChI=1S/C29H29FN6OS/c1-18-9-8-15-32-28(18)36-19(2)17-21(20(36)3)27-26(24-12-6-7-14-31-24)34-29(38)35(27)16-13-25(37)33-23-11-5-4-10-22(23)30/h4-12,14-15,17,26-27H,13,16H2,1-3H3,(H,33,37)(H,34,38)/t26-,27-/m1/s1. The first kappa shape index (κ1) is 25.5. The second-order valence-electron chi connectivity index (χ2n) is 9.40. The summed E-state index contributed by atoms with van der Waals surface area (Å²) < 4.78 is 16.2. The van der Waals surface area contributed by atoms with Gasteiger partial charge in [0.25, 0.3) is 0 Å². The number of benzene rings is 1. The first-order valence-electron chi connectivity index (χ1n) is 12.5. The van der Waals surface area contributed by atoms with Gasteiger partial charge in [-0.2, -0.15) is 0 Å². The summed E-state index contributed by atoms with van der Waals surface area (Å²) in [6.45, 7) is 6.54. The summed E-state index contributed by atoms with van der Waals surface area (Å²) in [4.78, 5) is 24.1. The van der Waals surface area contributed by atoms with Gasteiger partial charge in [0.15, 0.2) is 5.11 Å². The summed E-state index contributed by atoms with van der Waals surface area (Å²) in [6, 6.07) is 17.7. The number of aromatic nitrogens is 3. The van der Waals surface area contributed by atoms with Crippen LogP contribution in [0.5, 0.6) is 0 Å². The summed E-state index contributed by atoms with van der Waals surface area (Å²) in [5.74, 6) is 0.129. The van der Waals surface area contributed by atoms with E-state index in [4.69, 9.17) is 12.2 Å². The van der Waals surface area contributed by atoms with Crippen LogP contribution < -0.4 is 10.6 Å². The predicted octanol–water partition coefficient (Wildman–Crippen LogP) is 5.33. The average Bonchev–Trinajstić information content (AvgIpc) is 3.39. The van der Waals surface area contributed by atoms with E-state index in [9.17, 15) is 9.18 Å². The molecule has 0 unspecified atom stereocenters. The third-order valence-corrected chi connectivity index (χ3v) is 7.26. The lowest BCUT2D eigenvalue weighted by Crippen LogP contribution is -2.33. The molecule has 2 N–H and O–H groups in total. The van der Waals surface area contributed by atoms with Crippen LogP contribution in [0.4, 0.5) is 10.1 Å². The largest absolute Gasteiger partial charge is 0.352 e. The smallest absolute Gasteiger partial charge is 0.226 e. The molecule has 194 valence electrons. The zero-order chi connectivity index (χ0) is 26.8. The summed E-state index contributed by atoms with van der Waals surface area (Å²) in [5.41, 5.74) is 5.26. The summed E-state index contributed by atoms with van der Waals surface area (Å²) >= 11 is 5.77. The van der Waals surface area contributed by atoms with Gasteiger partial charge in [-0.05, 0) is 80.5 Å². The Morgan fingerprint density at radius 2 is 1.82 bits per heavy atom. The Kier molecular flexibility index (Phi) is 7.20. The lowest BCUT2D eigenvalue weighted by Gasteiger charge is -2.28. The van der Waals surface area contributed by atoms with E-state index in [0.717, 1.165) is 34.0 Å². The van der Waals surface area contributed by atoms with Crippen molar-refractivity contribution in [2.75, 3.05) is 11.9 Å². The van der Waals surface area contributed by atoms with E-state index < -0.39 is 5.82 Å². The Morgan fingerprint density at radius 3 is 2.55 bits per heavy atom. The molecule has 1 fully saturated rings. The zero-order valence-electron chi connectivity index (χ0n) is 21.5. The van der Waals surface area contributed by atoms with E-state index >= 15 is 0 Å². The van der Waals surface area contributed by atoms with E-state index in [0.29, 0.717) is 11.7 Å². The maximum Gasteiger partial charge on any atom is 0.226 e. The Bertz CT molecular complexity index is 1490. The van der Waals surface area contributed by atoms with Gasteiger partial charge in [-0.3, -0.25) is 9.78 Å². The highest BCUT2D eigenvalue weighted by Crippen LogP contribution is 2.41. The molecule has 1 amide bonds. The van der Waals surface area contributed by atoms with Crippen LogP contribution >= 0.6 is 12.2 Å². The highest BCUT2D eigenvalue weighted by atomic mass is 32.1. The van der Waals surface area contributed by atoms with Gasteiger partial charge in [0.05, 0.1) is 23.5 Å². The van der Waals surface area contributed by atoms with Crippen molar-refractivity contribution in [2.24, 2.45) is 0 Å². The van der Waals surface area contributed by atoms with Gasteiger partial charge in [-0.15, -0.1) is 0 Å². The van der Waals surface area contributed by atoms with Crippen molar-refractivity contribution in [2.45, 2.75) is 39.3 Å². The number of hydrogen-bond acceptors (Lipinski definition) is 4. The van der Waals surface area contributed by atoms with Gasteiger partial charge in [0.1, 0.15) is 11.6 Å². The number of para-hydroxylation sites is 1. The molecule has 4 heterocycles. The van der Waals surface area contributed by atoms with Crippen LogP contribution in [0.1, 0.15) is 46.7 Å². The molecule has 0 aliphatic carbocycles. The third-order valence-electron chi connectivity index (χ3n) is 6.91. The van der Waals surface area contributed by atoms with Crippen molar-refractivity contribution in [3.8, 4) is 5.82 Å². The summed E-state index contributed by atoms with van der Waals surface area (Å²) in [5, 5.41) is 6.65. The molecule has 2 atom stereocenters. The summed E-state index contributed by atoms with van der Waals surface area (Å²) in [6.07, 6.45) is 3.70. The van der Waals surface area contributed by atoms with E-state index in [2.05, 4.69) is 45.1 Å². The third kappa shape index (κ3) is 4.89. The molecule has 3 aromatic heterocycles. The molecule has 1 aliphatic rings. The quantitative estimate of drug-likeness (QED) is 0.316. The number of pyridine rings is 2. The van der Waals surface area contributed by atoms with E-state index in [1.807, 2.05) is 42.2 Å². The number of aryl methyl sites for hydroxylation is 2. The Labute approximate surface area is 226 Å². The first-order valence-corrected chi connectivity index (χ1v) is 12.9. The maximum atomic E-state index is 14.1. The van der Waals surface area contributed by atoms with Crippen molar-refractivity contribution in [1.29, 1.82) is 0 Å². The van der Waals surface area contributed by atoms with Crippen molar-refractivity contribution < 1.29 is 9.18 Å². The normalized spacial score (nSPS) is 16.9. The molecule has 5 rings (SSSR count). The van der Waals surface area contributed by atoms with E-state index in [1.165, 1.54) is 6.07 Å². The number of anilines is 1. The van der Waals surface area contributed by atoms with Gasteiger partial charge >= 0.3 is 0 Å². The van der Waals surface area contributed by atoms with Gasteiger partial charge in [0, 0.05) is 36.7 Å². The van der Waals surface area contributed by atoms with Crippen molar-refractivity contribution >= 4 is 28.9 Å². The van der Waals surface area contributed by atoms with Gasteiger partial charge in [0.2, 0.25) is 5.91 Å². The van der Waals surface area contributed by atoms with Gasteiger partial charge < -0.3 is 20.1 Å². The number of hydrogen-bond donors (Lipinski definition) is 2. The molecule has 4 aromatic rings. The highest BCUT2D eigenvalue weighted by molar-refractivity contribution is 7.80. The van der Waals surface area contributed by atoms with Crippen LogP contribution in [0.15, 0.2) is 73.1 Å². The van der Waals surface area contributed by atoms with E-state index in [-0.39, 0.29) is 30.1 Å². The monoisotopic (exact) mass is 528 g/mol. The molecule has 0 bridgehead atoms. The molecule has 9 heteroatoms. The molecule has 1 aromatic carbocycles. The van der Waals surface area contributed by atoms with Crippen LogP contribution in [0.3, 0.4) is 0 Å². The molecule has 7 nitrogen and oxygen atoms in total. The number of carbonyl (C=O) groups is 1. The highest BCUT2D eigenvalue weighted by Gasteiger charge is 2.41. The lowest BCUT2D eigenvalue weighted by atomic mass is 9.96. The van der Waals surface area contributed by atoms with Crippen molar-refractivity contribution in [3.63, 3.8) is 0 Å².